The quantitative estimate of drug-likeness (QED) is 0.727. The van der Waals surface area contributed by atoms with Crippen molar-refractivity contribution in [2.75, 3.05) is 10.5 Å². The third kappa shape index (κ3) is 3.04. The average molecular weight is 293 g/mol. The van der Waals surface area contributed by atoms with E-state index in [0.717, 1.165) is 6.20 Å². The van der Waals surface area contributed by atoms with Gasteiger partial charge in [0.2, 0.25) is 0 Å². The minimum Gasteiger partial charge on any atom is -0.478 e. The Hall–Kier alpha value is -2.61. The first-order valence-electron chi connectivity index (χ1n) is 5.46. The predicted molar refractivity (Wildman–Crippen MR) is 72.9 cm³/mol. The summed E-state index contributed by atoms with van der Waals surface area (Å²) in [7, 11) is -3.78. The van der Waals surface area contributed by atoms with Gasteiger partial charge >= 0.3 is 5.97 Å². The van der Waals surface area contributed by atoms with Crippen LogP contribution in [-0.2, 0) is 10.0 Å². The molecule has 20 heavy (non-hydrogen) atoms. The highest BCUT2D eigenvalue weighted by molar-refractivity contribution is 7.92. The number of anilines is 2. The molecule has 0 saturated heterocycles. The molecule has 1 aromatic heterocycles. The van der Waals surface area contributed by atoms with Crippen LogP contribution in [0.4, 0.5) is 11.5 Å². The number of hydrogen-bond donors (Lipinski definition) is 3. The number of carboxylic acids is 1. The summed E-state index contributed by atoms with van der Waals surface area (Å²) in [6, 6.07) is 8.20. The zero-order valence-corrected chi connectivity index (χ0v) is 11.0. The van der Waals surface area contributed by atoms with Crippen LogP contribution in [0.3, 0.4) is 0 Å². The third-order valence-corrected chi connectivity index (χ3v) is 3.81. The van der Waals surface area contributed by atoms with Crippen molar-refractivity contribution < 1.29 is 18.3 Å². The van der Waals surface area contributed by atoms with Gasteiger partial charge in [0, 0.05) is 11.9 Å². The average Bonchev–Trinajstić information content (AvgIpc) is 2.39. The van der Waals surface area contributed by atoms with Gasteiger partial charge in [-0.05, 0) is 36.4 Å². The van der Waals surface area contributed by atoms with Gasteiger partial charge in [0.25, 0.3) is 10.0 Å². The Bertz CT molecular complexity index is 724. The predicted octanol–water partition coefficient (Wildman–Crippen LogP) is 1.16. The van der Waals surface area contributed by atoms with Crippen LogP contribution in [0.2, 0.25) is 0 Å². The van der Waals surface area contributed by atoms with E-state index >= 15 is 0 Å². The molecule has 0 unspecified atom stereocenters. The largest absolute Gasteiger partial charge is 0.478 e. The molecule has 0 aliphatic rings. The van der Waals surface area contributed by atoms with Gasteiger partial charge < -0.3 is 10.8 Å². The van der Waals surface area contributed by atoms with Crippen molar-refractivity contribution in [3.63, 3.8) is 0 Å². The lowest BCUT2D eigenvalue weighted by Crippen LogP contribution is -2.14. The molecule has 0 amide bonds. The van der Waals surface area contributed by atoms with Gasteiger partial charge in [0.15, 0.2) is 0 Å². The molecule has 1 heterocycles. The molecule has 2 rings (SSSR count). The molecule has 1 aromatic carbocycles. The van der Waals surface area contributed by atoms with E-state index in [1.54, 1.807) is 0 Å². The van der Waals surface area contributed by atoms with Crippen LogP contribution >= 0.6 is 0 Å². The van der Waals surface area contributed by atoms with Crippen molar-refractivity contribution in [1.82, 2.24) is 4.98 Å². The number of rotatable bonds is 4. The van der Waals surface area contributed by atoms with Gasteiger partial charge in [-0.3, -0.25) is 4.72 Å². The Labute approximate surface area is 115 Å². The molecule has 0 aliphatic heterocycles. The van der Waals surface area contributed by atoms with Crippen molar-refractivity contribution >= 4 is 27.5 Å². The van der Waals surface area contributed by atoms with Crippen molar-refractivity contribution in [1.29, 1.82) is 0 Å². The van der Waals surface area contributed by atoms with E-state index in [0.29, 0.717) is 5.69 Å². The summed E-state index contributed by atoms with van der Waals surface area (Å²) in [5.74, 6) is -1.10. The summed E-state index contributed by atoms with van der Waals surface area (Å²) in [6.45, 7) is 0. The topological polar surface area (TPSA) is 122 Å². The molecule has 4 N–H and O–H groups in total. The summed E-state index contributed by atoms with van der Waals surface area (Å²) in [5, 5.41) is 8.72. The van der Waals surface area contributed by atoms with Gasteiger partial charge in [0.05, 0.1) is 10.5 Å². The summed E-state index contributed by atoms with van der Waals surface area (Å²) in [6.07, 6.45) is 1.07. The Morgan fingerprint density at radius 1 is 1.15 bits per heavy atom. The van der Waals surface area contributed by atoms with Crippen LogP contribution in [0.25, 0.3) is 0 Å². The molecule has 0 saturated carbocycles. The maximum absolute atomic E-state index is 12.0. The third-order valence-electron chi connectivity index (χ3n) is 2.44. The van der Waals surface area contributed by atoms with Gasteiger partial charge in [-0.25, -0.2) is 18.2 Å². The second-order valence-corrected chi connectivity index (χ2v) is 5.59. The minimum atomic E-state index is -3.78. The number of nitrogen functional groups attached to an aromatic ring is 1. The number of carbonyl (C=O) groups is 1. The minimum absolute atomic E-state index is 0.0274. The van der Waals surface area contributed by atoms with E-state index in [2.05, 4.69) is 9.71 Å². The zero-order chi connectivity index (χ0) is 14.8. The van der Waals surface area contributed by atoms with Crippen LogP contribution in [0, 0.1) is 0 Å². The van der Waals surface area contributed by atoms with Gasteiger partial charge in [-0.1, -0.05) is 0 Å². The summed E-state index contributed by atoms with van der Waals surface area (Å²) in [5.41, 5.74) is 5.91. The highest BCUT2D eigenvalue weighted by Gasteiger charge is 2.14. The smallest absolute Gasteiger partial charge is 0.337 e. The number of carboxylic acid groups (broad SMARTS) is 1. The molecule has 0 atom stereocenters. The fourth-order valence-electron chi connectivity index (χ4n) is 1.42. The number of nitrogens with zero attached hydrogens (tertiary/aromatic N) is 1. The molecular formula is C12H11N3O4S. The summed E-state index contributed by atoms with van der Waals surface area (Å²) < 4.78 is 26.3. The number of benzene rings is 1. The van der Waals surface area contributed by atoms with Crippen LogP contribution in [0.5, 0.6) is 0 Å². The molecule has 2 aromatic rings. The van der Waals surface area contributed by atoms with Crippen LogP contribution < -0.4 is 10.5 Å². The Morgan fingerprint density at radius 3 is 2.30 bits per heavy atom. The van der Waals surface area contributed by atoms with E-state index < -0.39 is 16.0 Å². The van der Waals surface area contributed by atoms with E-state index in [1.807, 2.05) is 0 Å². The summed E-state index contributed by atoms with van der Waals surface area (Å²) in [4.78, 5) is 14.4. The fourth-order valence-corrected chi connectivity index (χ4v) is 2.43. The number of sulfonamides is 1. The molecule has 0 aliphatic carbocycles. The molecule has 0 bridgehead atoms. The number of aromatic carboxylic acids is 1. The normalized spacial score (nSPS) is 11.0. The van der Waals surface area contributed by atoms with E-state index in [1.165, 1.54) is 36.4 Å². The number of nitrogens with two attached hydrogens (primary N) is 1. The zero-order valence-electron chi connectivity index (χ0n) is 10.1. The molecule has 104 valence electrons. The highest BCUT2D eigenvalue weighted by Crippen LogP contribution is 2.16. The van der Waals surface area contributed by atoms with E-state index in [4.69, 9.17) is 10.8 Å². The highest BCUT2D eigenvalue weighted by atomic mass is 32.2. The maximum Gasteiger partial charge on any atom is 0.337 e. The second kappa shape index (κ2) is 5.17. The van der Waals surface area contributed by atoms with Crippen LogP contribution in [-0.4, -0.2) is 24.5 Å². The lowest BCUT2D eigenvalue weighted by Gasteiger charge is -2.07. The van der Waals surface area contributed by atoms with Crippen LogP contribution in [0.15, 0.2) is 47.5 Å². The molecule has 0 fully saturated rings. The van der Waals surface area contributed by atoms with E-state index in [9.17, 15) is 13.2 Å². The van der Waals surface area contributed by atoms with Gasteiger partial charge in [0.1, 0.15) is 5.82 Å². The maximum atomic E-state index is 12.0. The fraction of sp³-hybridized carbons (Fsp3) is 0. The Morgan fingerprint density at radius 2 is 1.80 bits per heavy atom. The molecule has 0 spiro atoms. The number of nitrogens with one attached hydrogen (secondary N) is 1. The van der Waals surface area contributed by atoms with Crippen molar-refractivity contribution in [2.24, 2.45) is 0 Å². The number of aromatic nitrogens is 1. The van der Waals surface area contributed by atoms with Gasteiger partial charge in [-0.2, -0.15) is 0 Å². The van der Waals surface area contributed by atoms with E-state index in [-0.39, 0.29) is 16.3 Å². The Kier molecular flexibility index (Phi) is 3.57. The molecule has 7 nitrogen and oxygen atoms in total. The molecule has 0 radical (unpaired) electrons. The number of hydrogen-bond acceptors (Lipinski definition) is 5. The van der Waals surface area contributed by atoms with Crippen molar-refractivity contribution in [3.8, 4) is 0 Å². The van der Waals surface area contributed by atoms with Crippen LogP contribution in [0.1, 0.15) is 10.4 Å². The molecular weight excluding hydrogens is 282 g/mol. The molecule has 8 heteroatoms. The lowest BCUT2D eigenvalue weighted by atomic mass is 10.3. The number of pyridine rings is 1. The first-order valence-corrected chi connectivity index (χ1v) is 6.94. The SMILES string of the molecule is Nc1ccc(S(=O)(=O)Nc2ccc(C(=O)O)cn2)cc1. The lowest BCUT2D eigenvalue weighted by molar-refractivity contribution is 0.0696. The summed E-state index contributed by atoms with van der Waals surface area (Å²) >= 11 is 0. The first-order chi connectivity index (χ1) is 9.38. The van der Waals surface area contributed by atoms with Gasteiger partial charge in [-0.15, -0.1) is 0 Å². The standard InChI is InChI=1S/C12H11N3O4S/c13-9-2-4-10(5-3-9)20(18,19)15-11-6-1-8(7-14-11)12(16)17/h1-7H,13H2,(H,14,15)(H,16,17). The second-order valence-electron chi connectivity index (χ2n) is 3.91. The van der Waals surface area contributed by atoms with Crippen molar-refractivity contribution in [2.45, 2.75) is 4.90 Å². The first kappa shape index (κ1) is 13.8. The monoisotopic (exact) mass is 293 g/mol. The Balaban J connectivity index is 2.24. The van der Waals surface area contributed by atoms with Crippen molar-refractivity contribution in [3.05, 3.63) is 48.2 Å².